The Kier molecular flexibility index (Phi) is 2.10. The second-order valence-corrected chi connectivity index (χ2v) is 1.65. The average molecular weight is 126 g/mol. The number of nitrogens with zero attached hydrogens (tertiary/aromatic N) is 2. The van der Waals surface area contributed by atoms with Gasteiger partial charge in [0, 0.05) is 6.20 Å². The van der Waals surface area contributed by atoms with Crippen LogP contribution in [0.1, 0.15) is 0 Å². The zero-order valence-electron chi connectivity index (χ0n) is 5.53. The Balaban J connectivity index is 0.000000500. The smallest absolute Gasteiger partial charge is 0.573 e. The minimum absolute atomic E-state index is 0. The molecule has 10 heavy (non-hydrogen) atoms. The molecule has 0 atom stereocenters. The quantitative estimate of drug-likeness (QED) is 0.303. The molecule has 0 bridgehead atoms. The zero-order valence-corrected chi connectivity index (χ0v) is 5.53. The minimum Gasteiger partial charge on any atom is -0.573 e. The van der Waals surface area contributed by atoms with Crippen LogP contribution in [-0.4, -0.2) is 9.97 Å². The molecular formula is C6H3LiN2O. The van der Waals surface area contributed by atoms with Gasteiger partial charge < -0.3 is 9.40 Å². The van der Waals surface area contributed by atoms with Crippen LogP contribution in [0.15, 0.2) is 22.9 Å². The van der Waals surface area contributed by atoms with Crippen molar-refractivity contribution in [2.24, 2.45) is 0 Å². The third-order valence-electron chi connectivity index (χ3n) is 1.08. The molecule has 0 aliphatic carbocycles. The molecule has 0 fully saturated rings. The van der Waals surface area contributed by atoms with Gasteiger partial charge in [-0.1, -0.05) is 6.07 Å². The number of hydrogen-bond acceptors (Lipinski definition) is 3. The van der Waals surface area contributed by atoms with Crippen molar-refractivity contribution < 1.29 is 23.3 Å². The molecule has 0 aliphatic heterocycles. The summed E-state index contributed by atoms with van der Waals surface area (Å²) in [6, 6.07) is 1.75. The van der Waals surface area contributed by atoms with E-state index in [1.54, 1.807) is 18.5 Å². The van der Waals surface area contributed by atoms with Gasteiger partial charge >= 0.3 is 18.9 Å². The Morgan fingerprint density at radius 1 is 1.50 bits per heavy atom. The maximum atomic E-state index is 4.84. The van der Waals surface area contributed by atoms with Gasteiger partial charge in [0.2, 0.25) is 0 Å². The van der Waals surface area contributed by atoms with E-state index in [0.717, 1.165) is 11.1 Å². The van der Waals surface area contributed by atoms with Crippen molar-refractivity contribution >= 4 is 11.1 Å². The maximum Gasteiger partial charge on any atom is 1.00 e. The van der Waals surface area contributed by atoms with Gasteiger partial charge in [-0.15, -0.1) is 0 Å². The minimum atomic E-state index is 0. The summed E-state index contributed by atoms with van der Waals surface area (Å²) in [5.41, 5.74) is 1.47. The summed E-state index contributed by atoms with van der Waals surface area (Å²) >= 11 is 0. The van der Waals surface area contributed by atoms with Crippen LogP contribution in [0.2, 0.25) is 0 Å². The Hall–Kier alpha value is -0.783. The van der Waals surface area contributed by atoms with E-state index in [0.29, 0.717) is 0 Å². The molecule has 2 rings (SSSR count). The number of aromatic nitrogens is 2. The molecule has 0 spiro atoms. The van der Waals surface area contributed by atoms with Crippen molar-refractivity contribution in [3.05, 3.63) is 24.9 Å². The van der Waals surface area contributed by atoms with Crippen molar-refractivity contribution in [2.75, 3.05) is 0 Å². The van der Waals surface area contributed by atoms with E-state index in [4.69, 9.17) is 4.42 Å². The molecular weight excluding hydrogens is 123 g/mol. The summed E-state index contributed by atoms with van der Waals surface area (Å²) in [5, 5.41) is 0. The van der Waals surface area contributed by atoms with Crippen LogP contribution in [0.5, 0.6) is 0 Å². The third kappa shape index (κ3) is 1.06. The Morgan fingerprint density at radius 3 is 3.20 bits per heavy atom. The molecule has 2 aromatic rings. The van der Waals surface area contributed by atoms with E-state index < -0.39 is 0 Å². The molecule has 3 nitrogen and oxygen atoms in total. The number of fused-ring (bicyclic) bond motifs is 1. The summed E-state index contributed by atoms with van der Waals surface area (Å²) in [4.78, 5) is 7.61. The molecule has 0 N–H and O–H groups in total. The van der Waals surface area contributed by atoms with Crippen LogP contribution in [0.4, 0.5) is 0 Å². The van der Waals surface area contributed by atoms with Crippen LogP contribution in [-0.2, 0) is 0 Å². The zero-order chi connectivity index (χ0) is 6.10. The van der Waals surface area contributed by atoms with Gasteiger partial charge in [0.05, 0.1) is 0 Å². The Bertz CT molecular complexity index is 290. The van der Waals surface area contributed by atoms with E-state index in [1.165, 1.54) is 0 Å². The topological polar surface area (TPSA) is 38.9 Å². The summed E-state index contributed by atoms with van der Waals surface area (Å²) in [6.07, 6.45) is 5.66. The standard InChI is InChI=1S/C6H3N2O.Li/c1-2-7-3-5-6(1)9-4-8-5;/h1-3H;/q-1;+1. The van der Waals surface area contributed by atoms with E-state index in [-0.39, 0.29) is 18.9 Å². The predicted octanol–water partition coefficient (Wildman–Crippen LogP) is -1.97. The summed E-state index contributed by atoms with van der Waals surface area (Å²) in [7, 11) is 0. The first-order chi connectivity index (χ1) is 4.47. The van der Waals surface area contributed by atoms with E-state index in [2.05, 4.69) is 16.4 Å². The van der Waals surface area contributed by atoms with Crippen LogP contribution in [0.25, 0.3) is 11.1 Å². The molecule has 0 aromatic carbocycles. The molecule has 0 unspecified atom stereocenters. The summed E-state index contributed by atoms with van der Waals surface area (Å²) in [6.45, 7) is 0. The van der Waals surface area contributed by atoms with Crippen LogP contribution in [0, 0.1) is 6.39 Å². The largest absolute Gasteiger partial charge is 1.00 e. The number of oxazole rings is 1. The first kappa shape index (κ1) is 7.33. The van der Waals surface area contributed by atoms with E-state index in [9.17, 15) is 0 Å². The monoisotopic (exact) mass is 126 g/mol. The average Bonchev–Trinajstić information content (AvgIpc) is 2.33. The SMILES string of the molecule is [Li+].[c-]1nc2cnccc2o1. The third-order valence-corrected chi connectivity index (χ3v) is 1.08. The van der Waals surface area contributed by atoms with Gasteiger partial charge in [-0.25, -0.2) is 0 Å². The number of pyridine rings is 1. The number of rotatable bonds is 0. The Morgan fingerprint density at radius 2 is 2.40 bits per heavy atom. The Labute approximate surface area is 69.6 Å². The molecule has 0 saturated carbocycles. The van der Waals surface area contributed by atoms with Gasteiger partial charge in [0.1, 0.15) is 6.39 Å². The van der Waals surface area contributed by atoms with Gasteiger partial charge in [-0.3, -0.25) is 4.98 Å². The first-order valence-corrected chi connectivity index (χ1v) is 2.53. The fraction of sp³-hybridized carbons (Fsp3) is 0. The molecule has 0 saturated heterocycles. The van der Waals surface area contributed by atoms with Gasteiger partial charge in [-0.2, -0.15) is 0 Å². The number of hydrogen-bond donors (Lipinski definition) is 0. The van der Waals surface area contributed by atoms with Gasteiger partial charge in [0.25, 0.3) is 0 Å². The van der Waals surface area contributed by atoms with Crippen LogP contribution >= 0.6 is 0 Å². The van der Waals surface area contributed by atoms with Crippen molar-refractivity contribution in [1.82, 2.24) is 9.97 Å². The van der Waals surface area contributed by atoms with Crippen molar-refractivity contribution in [1.29, 1.82) is 0 Å². The maximum absolute atomic E-state index is 4.84. The molecule has 2 aromatic heterocycles. The van der Waals surface area contributed by atoms with E-state index >= 15 is 0 Å². The summed E-state index contributed by atoms with van der Waals surface area (Å²) in [5.74, 6) is 0. The van der Waals surface area contributed by atoms with Crippen molar-refractivity contribution in [3.63, 3.8) is 0 Å². The molecule has 2 heterocycles. The molecule has 0 radical (unpaired) electrons. The van der Waals surface area contributed by atoms with Gasteiger partial charge in [-0.05, 0) is 17.3 Å². The fourth-order valence-electron chi connectivity index (χ4n) is 0.665. The normalized spacial score (nSPS) is 9.20. The molecule has 44 valence electrons. The van der Waals surface area contributed by atoms with Gasteiger partial charge in [0.15, 0.2) is 0 Å². The fourth-order valence-corrected chi connectivity index (χ4v) is 0.665. The molecule has 4 heteroatoms. The van der Waals surface area contributed by atoms with Crippen LogP contribution in [0.3, 0.4) is 0 Å². The predicted molar refractivity (Wildman–Crippen MR) is 30.6 cm³/mol. The first-order valence-electron chi connectivity index (χ1n) is 2.53. The van der Waals surface area contributed by atoms with Crippen molar-refractivity contribution in [2.45, 2.75) is 0 Å². The van der Waals surface area contributed by atoms with Crippen LogP contribution < -0.4 is 18.9 Å². The molecule has 0 aliphatic rings. The second kappa shape index (κ2) is 2.87. The second-order valence-electron chi connectivity index (χ2n) is 1.65. The molecule has 0 amide bonds. The van der Waals surface area contributed by atoms with Crippen molar-refractivity contribution in [3.8, 4) is 0 Å². The van der Waals surface area contributed by atoms with E-state index in [1.807, 2.05) is 0 Å². The summed E-state index contributed by atoms with van der Waals surface area (Å²) < 4.78 is 4.84.